The predicted molar refractivity (Wildman–Crippen MR) is 79.9 cm³/mol. The molecule has 0 spiro atoms. The normalized spacial score (nSPS) is 21.9. The Bertz CT molecular complexity index is 470. The molecule has 108 valence electrons. The first-order valence-corrected chi connectivity index (χ1v) is 6.56. The summed E-state index contributed by atoms with van der Waals surface area (Å²) in [6.07, 6.45) is 2.59. The molecule has 19 heavy (non-hydrogen) atoms. The van der Waals surface area contributed by atoms with Crippen molar-refractivity contribution in [2.24, 2.45) is 18.2 Å². The van der Waals surface area contributed by atoms with Gasteiger partial charge in [-0.3, -0.25) is 4.79 Å². The number of hydrogen-bond donors (Lipinski definition) is 1. The molecule has 1 amide bonds. The van der Waals surface area contributed by atoms with E-state index in [-0.39, 0.29) is 29.8 Å². The lowest BCUT2D eigenvalue weighted by Gasteiger charge is -2.42. The average molecular weight is 306 g/mol. The van der Waals surface area contributed by atoms with Gasteiger partial charge in [0.15, 0.2) is 0 Å². The minimum atomic E-state index is -0.0388. The maximum absolute atomic E-state index is 12.4. The number of nitrogens with two attached hydrogens (primary N) is 1. The third kappa shape index (κ3) is 3.25. The van der Waals surface area contributed by atoms with Crippen molar-refractivity contribution in [3.8, 4) is 0 Å². The van der Waals surface area contributed by atoms with Crippen LogP contribution in [0.1, 0.15) is 30.8 Å². The average Bonchev–Trinajstić information content (AvgIpc) is 2.60. The molecule has 0 aliphatic carbocycles. The lowest BCUT2D eigenvalue weighted by molar-refractivity contribution is 0.0524. The Morgan fingerprint density at radius 3 is 2.63 bits per heavy atom. The molecule has 0 saturated carbocycles. The topological polar surface area (TPSA) is 51.3 Å². The molecule has 1 aliphatic rings. The summed E-state index contributed by atoms with van der Waals surface area (Å²) in [6, 6.07) is 1.87. The molecule has 1 aromatic heterocycles. The minimum Gasteiger partial charge on any atom is -0.345 e. The number of aromatic nitrogens is 1. The number of nitrogens with zero attached hydrogens (tertiary/aromatic N) is 2. The summed E-state index contributed by atoms with van der Waals surface area (Å²) in [5.74, 6) is 0.0318. The molecule has 1 atom stereocenters. The van der Waals surface area contributed by atoms with E-state index in [0.717, 1.165) is 6.42 Å². The summed E-state index contributed by atoms with van der Waals surface area (Å²) < 4.78 is 1.77. The number of hydrogen-bond acceptors (Lipinski definition) is 2. The Balaban J connectivity index is 0.00000180. The zero-order valence-electron chi connectivity index (χ0n) is 11.5. The Labute approximate surface area is 125 Å². The Morgan fingerprint density at radius 1 is 1.53 bits per heavy atom. The van der Waals surface area contributed by atoms with E-state index < -0.39 is 0 Å². The second-order valence-corrected chi connectivity index (χ2v) is 6.20. The van der Waals surface area contributed by atoms with Crippen molar-refractivity contribution in [3.63, 3.8) is 0 Å². The fraction of sp³-hybridized carbons (Fsp3) is 0.615. The van der Waals surface area contributed by atoms with Crippen LogP contribution in [0.4, 0.5) is 0 Å². The molecule has 2 rings (SSSR count). The second kappa shape index (κ2) is 5.73. The first-order chi connectivity index (χ1) is 8.31. The van der Waals surface area contributed by atoms with Crippen LogP contribution < -0.4 is 5.73 Å². The molecule has 1 saturated heterocycles. The van der Waals surface area contributed by atoms with Gasteiger partial charge >= 0.3 is 0 Å². The lowest BCUT2D eigenvalue weighted by atomic mass is 9.79. The molecule has 2 N–H and O–H groups in total. The van der Waals surface area contributed by atoms with Crippen LogP contribution in [-0.4, -0.2) is 34.5 Å². The van der Waals surface area contributed by atoms with Gasteiger partial charge < -0.3 is 15.2 Å². The maximum atomic E-state index is 12.4. The predicted octanol–water partition coefficient (Wildman–Crippen LogP) is 2.30. The number of carbonyl (C=O) groups is 1. The quantitative estimate of drug-likeness (QED) is 0.865. The van der Waals surface area contributed by atoms with E-state index in [1.54, 1.807) is 16.8 Å². The molecule has 0 bridgehead atoms. The highest BCUT2D eigenvalue weighted by molar-refractivity contribution is 6.31. The van der Waals surface area contributed by atoms with Gasteiger partial charge in [0.25, 0.3) is 5.91 Å². The number of aryl methyl sites for hydroxylation is 1. The van der Waals surface area contributed by atoms with Crippen molar-refractivity contribution in [2.45, 2.75) is 26.3 Å². The van der Waals surface area contributed by atoms with E-state index in [2.05, 4.69) is 13.8 Å². The van der Waals surface area contributed by atoms with E-state index in [0.29, 0.717) is 23.8 Å². The first-order valence-electron chi connectivity index (χ1n) is 6.18. The summed E-state index contributed by atoms with van der Waals surface area (Å²) in [5.41, 5.74) is 6.68. The van der Waals surface area contributed by atoms with E-state index >= 15 is 0 Å². The number of amides is 1. The number of carbonyl (C=O) groups excluding carboxylic acids is 1. The van der Waals surface area contributed by atoms with Crippen LogP contribution in [-0.2, 0) is 7.05 Å². The lowest BCUT2D eigenvalue weighted by Crippen LogP contribution is -2.54. The van der Waals surface area contributed by atoms with Crippen molar-refractivity contribution < 1.29 is 4.79 Å². The SMILES string of the molecule is Cl.Cn1cc(Cl)cc1C(=O)N1CCC(N)C(C)(C)C1. The number of likely N-dealkylation sites (tertiary alicyclic amines) is 1. The molecule has 2 heterocycles. The Hall–Kier alpha value is -0.710. The molecule has 0 radical (unpaired) electrons. The van der Waals surface area contributed by atoms with E-state index in [1.807, 2.05) is 11.9 Å². The summed E-state index contributed by atoms with van der Waals surface area (Å²) >= 11 is 5.92. The number of halogens is 2. The maximum Gasteiger partial charge on any atom is 0.270 e. The standard InChI is InChI=1S/C13H20ClN3O.ClH/c1-13(2)8-17(5-4-11(13)15)12(18)10-6-9(14)7-16(10)3;/h6-7,11H,4-5,8,15H2,1-3H3;1H. The first kappa shape index (κ1) is 16.3. The smallest absolute Gasteiger partial charge is 0.270 e. The monoisotopic (exact) mass is 305 g/mol. The van der Waals surface area contributed by atoms with Crippen LogP contribution >= 0.6 is 24.0 Å². The van der Waals surface area contributed by atoms with Crippen LogP contribution in [0.2, 0.25) is 5.02 Å². The fourth-order valence-corrected chi connectivity index (χ4v) is 2.70. The molecule has 0 aromatic carbocycles. The van der Waals surface area contributed by atoms with Gasteiger partial charge in [-0.05, 0) is 17.9 Å². The summed E-state index contributed by atoms with van der Waals surface area (Å²) in [7, 11) is 1.83. The molecule has 4 nitrogen and oxygen atoms in total. The van der Waals surface area contributed by atoms with E-state index in [1.165, 1.54) is 0 Å². The van der Waals surface area contributed by atoms with Gasteiger partial charge in [0, 0.05) is 32.4 Å². The summed E-state index contributed by atoms with van der Waals surface area (Å²) in [6.45, 7) is 5.62. The highest BCUT2D eigenvalue weighted by Crippen LogP contribution is 2.28. The molecule has 1 aromatic rings. The van der Waals surface area contributed by atoms with Gasteiger partial charge in [0.1, 0.15) is 5.69 Å². The number of rotatable bonds is 1. The third-order valence-electron chi connectivity index (χ3n) is 3.79. The molecule has 1 fully saturated rings. The van der Waals surface area contributed by atoms with Gasteiger partial charge in [-0.1, -0.05) is 25.4 Å². The van der Waals surface area contributed by atoms with Gasteiger partial charge in [-0.25, -0.2) is 0 Å². The Morgan fingerprint density at radius 2 is 2.16 bits per heavy atom. The zero-order chi connectivity index (χ0) is 13.5. The van der Waals surface area contributed by atoms with Crippen molar-refractivity contribution in [3.05, 3.63) is 23.0 Å². The van der Waals surface area contributed by atoms with Crippen LogP contribution in [0.5, 0.6) is 0 Å². The van der Waals surface area contributed by atoms with Gasteiger partial charge in [0.2, 0.25) is 0 Å². The van der Waals surface area contributed by atoms with Gasteiger partial charge in [-0.2, -0.15) is 0 Å². The Kier molecular flexibility index (Phi) is 4.93. The van der Waals surface area contributed by atoms with Gasteiger partial charge in [-0.15, -0.1) is 12.4 Å². The van der Waals surface area contributed by atoms with E-state index in [4.69, 9.17) is 17.3 Å². The van der Waals surface area contributed by atoms with Crippen LogP contribution in [0, 0.1) is 5.41 Å². The number of piperidine rings is 1. The van der Waals surface area contributed by atoms with Crippen LogP contribution in [0.25, 0.3) is 0 Å². The van der Waals surface area contributed by atoms with Crippen LogP contribution in [0.3, 0.4) is 0 Å². The molecular weight excluding hydrogens is 285 g/mol. The largest absolute Gasteiger partial charge is 0.345 e. The van der Waals surface area contributed by atoms with Crippen LogP contribution in [0.15, 0.2) is 12.3 Å². The minimum absolute atomic E-state index is 0. The van der Waals surface area contributed by atoms with Crippen molar-refractivity contribution in [1.29, 1.82) is 0 Å². The highest BCUT2D eigenvalue weighted by Gasteiger charge is 2.36. The molecule has 6 heteroatoms. The molecule has 1 unspecified atom stereocenters. The third-order valence-corrected chi connectivity index (χ3v) is 4.00. The second-order valence-electron chi connectivity index (χ2n) is 5.76. The highest BCUT2D eigenvalue weighted by atomic mass is 35.5. The van der Waals surface area contributed by atoms with Crippen molar-refractivity contribution >= 4 is 29.9 Å². The van der Waals surface area contributed by atoms with Crippen molar-refractivity contribution in [1.82, 2.24) is 9.47 Å². The fourth-order valence-electron chi connectivity index (χ4n) is 2.45. The summed E-state index contributed by atoms with van der Waals surface area (Å²) in [4.78, 5) is 14.3. The zero-order valence-corrected chi connectivity index (χ0v) is 13.1. The molecular formula is C13H21Cl2N3O. The molecule has 1 aliphatic heterocycles. The van der Waals surface area contributed by atoms with E-state index in [9.17, 15) is 4.79 Å². The van der Waals surface area contributed by atoms with Gasteiger partial charge in [0.05, 0.1) is 5.02 Å². The summed E-state index contributed by atoms with van der Waals surface area (Å²) in [5, 5.41) is 0.592. The van der Waals surface area contributed by atoms with Crippen molar-refractivity contribution in [2.75, 3.05) is 13.1 Å².